The SMILES string of the molecule is CCc1cc(F)c(F)c(OC)c1. The van der Waals surface area contributed by atoms with Gasteiger partial charge in [0.05, 0.1) is 7.11 Å². The van der Waals surface area contributed by atoms with Crippen LogP contribution in [0.3, 0.4) is 0 Å². The summed E-state index contributed by atoms with van der Waals surface area (Å²) < 4.78 is 30.2. The molecule has 0 aromatic heterocycles. The second kappa shape index (κ2) is 3.52. The summed E-state index contributed by atoms with van der Waals surface area (Å²) in [7, 11) is 1.32. The predicted molar refractivity (Wildman–Crippen MR) is 42.3 cm³/mol. The molecule has 1 nitrogen and oxygen atoms in total. The van der Waals surface area contributed by atoms with Gasteiger partial charge in [0.25, 0.3) is 0 Å². The van der Waals surface area contributed by atoms with E-state index in [1.165, 1.54) is 19.2 Å². The van der Waals surface area contributed by atoms with Crippen LogP contribution in [0.25, 0.3) is 0 Å². The summed E-state index contributed by atoms with van der Waals surface area (Å²) in [5, 5.41) is 0. The highest BCUT2D eigenvalue weighted by atomic mass is 19.2. The van der Waals surface area contributed by atoms with Gasteiger partial charge in [-0.05, 0) is 24.1 Å². The van der Waals surface area contributed by atoms with E-state index in [9.17, 15) is 8.78 Å². The second-order valence-corrected chi connectivity index (χ2v) is 2.45. The van der Waals surface area contributed by atoms with Gasteiger partial charge in [0.1, 0.15) is 0 Å². The van der Waals surface area contributed by atoms with E-state index < -0.39 is 11.6 Å². The van der Waals surface area contributed by atoms with Crippen molar-refractivity contribution in [1.82, 2.24) is 0 Å². The standard InChI is InChI=1S/C9H10F2O/c1-3-6-4-7(10)9(11)8(5-6)12-2/h4-5H,3H2,1-2H3. The maximum Gasteiger partial charge on any atom is 0.200 e. The number of ether oxygens (including phenoxy) is 1. The highest BCUT2D eigenvalue weighted by Crippen LogP contribution is 2.21. The van der Waals surface area contributed by atoms with E-state index in [4.69, 9.17) is 0 Å². The van der Waals surface area contributed by atoms with Crippen LogP contribution in [0.15, 0.2) is 12.1 Å². The normalized spacial score (nSPS) is 10.0. The van der Waals surface area contributed by atoms with Crippen molar-refractivity contribution in [3.05, 3.63) is 29.3 Å². The average Bonchev–Trinajstić information content (AvgIpc) is 2.09. The second-order valence-electron chi connectivity index (χ2n) is 2.45. The van der Waals surface area contributed by atoms with Crippen LogP contribution in [-0.2, 0) is 6.42 Å². The molecule has 66 valence electrons. The van der Waals surface area contributed by atoms with Gasteiger partial charge in [-0.3, -0.25) is 0 Å². The summed E-state index contributed by atoms with van der Waals surface area (Å²) in [4.78, 5) is 0. The molecular weight excluding hydrogens is 162 g/mol. The molecule has 3 heteroatoms. The van der Waals surface area contributed by atoms with E-state index >= 15 is 0 Å². The zero-order chi connectivity index (χ0) is 9.14. The molecule has 12 heavy (non-hydrogen) atoms. The van der Waals surface area contributed by atoms with Gasteiger partial charge in [-0.15, -0.1) is 0 Å². The number of rotatable bonds is 2. The summed E-state index contributed by atoms with van der Waals surface area (Å²) in [5.74, 6) is -1.81. The van der Waals surface area contributed by atoms with Gasteiger partial charge in [-0.1, -0.05) is 6.92 Å². The number of halogens is 2. The molecule has 0 radical (unpaired) electrons. The van der Waals surface area contributed by atoms with Crippen LogP contribution < -0.4 is 4.74 Å². The summed E-state index contributed by atoms with van der Waals surface area (Å²) >= 11 is 0. The van der Waals surface area contributed by atoms with Crippen molar-refractivity contribution >= 4 is 0 Å². The van der Waals surface area contributed by atoms with Gasteiger partial charge in [0, 0.05) is 0 Å². The average molecular weight is 172 g/mol. The van der Waals surface area contributed by atoms with Gasteiger partial charge in [0.15, 0.2) is 11.6 Å². The van der Waals surface area contributed by atoms with Crippen LogP contribution in [0.4, 0.5) is 8.78 Å². The minimum absolute atomic E-state index is 0.0353. The van der Waals surface area contributed by atoms with E-state index in [0.29, 0.717) is 6.42 Å². The van der Waals surface area contributed by atoms with Crippen molar-refractivity contribution in [1.29, 1.82) is 0 Å². The Hall–Kier alpha value is -1.12. The van der Waals surface area contributed by atoms with Crippen molar-refractivity contribution in [3.63, 3.8) is 0 Å². The molecule has 0 fully saturated rings. The summed E-state index contributed by atoms with van der Waals surface area (Å²) in [5.41, 5.74) is 0.728. The first kappa shape index (κ1) is 8.97. The van der Waals surface area contributed by atoms with Crippen molar-refractivity contribution in [2.24, 2.45) is 0 Å². The van der Waals surface area contributed by atoms with Gasteiger partial charge in [0.2, 0.25) is 5.82 Å². The molecule has 0 aliphatic rings. The minimum atomic E-state index is -0.922. The smallest absolute Gasteiger partial charge is 0.200 e. The molecule has 0 unspecified atom stereocenters. The van der Waals surface area contributed by atoms with Gasteiger partial charge >= 0.3 is 0 Å². The fourth-order valence-corrected chi connectivity index (χ4v) is 0.970. The molecule has 0 heterocycles. The van der Waals surface area contributed by atoms with Crippen LogP contribution in [-0.4, -0.2) is 7.11 Å². The molecule has 1 aromatic rings. The highest BCUT2D eigenvalue weighted by molar-refractivity contribution is 5.31. The molecule has 0 aliphatic heterocycles. The van der Waals surface area contributed by atoms with Crippen molar-refractivity contribution in [2.45, 2.75) is 13.3 Å². The lowest BCUT2D eigenvalue weighted by atomic mass is 10.1. The number of methoxy groups -OCH3 is 1. The first-order valence-corrected chi connectivity index (χ1v) is 3.71. The quantitative estimate of drug-likeness (QED) is 0.666. The molecule has 1 aromatic carbocycles. The first-order chi connectivity index (χ1) is 5.69. The number of hydrogen-bond acceptors (Lipinski definition) is 1. The minimum Gasteiger partial charge on any atom is -0.494 e. The number of aryl methyl sites for hydroxylation is 1. The molecule has 0 saturated heterocycles. The van der Waals surface area contributed by atoms with E-state index in [1.54, 1.807) is 0 Å². The Balaban J connectivity index is 3.19. The van der Waals surface area contributed by atoms with Crippen LogP contribution in [0.1, 0.15) is 12.5 Å². The lowest BCUT2D eigenvalue weighted by molar-refractivity contribution is 0.371. The highest BCUT2D eigenvalue weighted by Gasteiger charge is 2.09. The van der Waals surface area contributed by atoms with Crippen LogP contribution in [0.2, 0.25) is 0 Å². The fraction of sp³-hybridized carbons (Fsp3) is 0.333. The zero-order valence-electron chi connectivity index (χ0n) is 7.03. The monoisotopic (exact) mass is 172 g/mol. The largest absolute Gasteiger partial charge is 0.494 e. The Kier molecular flexibility index (Phi) is 2.63. The molecule has 0 bridgehead atoms. The summed E-state index contributed by atoms with van der Waals surface area (Å²) in [6.07, 6.45) is 0.660. The van der Waals surface area contributed by atoms with Crippen LogP contribution in [0.5, 0.6) is 5.75 Å². The van der Waals surface area contributed by atoms with E-state index in [-0.39, 0.29) is 5.75 Å². The Bertz CT molecular complexity index is 284. The third-order valence-electron chi connectivity index (χ3n) is 1.68. The maximum atomic E-state index is 12.8. The van der Waals surface area contributed by atoms with E-state index in [2.05, 4.69) is 4.74 Å². The molecule has 0 saturated carbocycles. The zero-order valence-corrected chi connectivity index (χ0v) is 7.03. The lowest BCUT2D eigenvalue weighted by Gasteiger charge is -2.04. The number of benzene rings is 1. The van der Waals surface area contributed by atoms with Crippen molar-refractivity contribution in [3.8, 4) is 5.75 Å². The molecular formula is C9H10F2O. The Morgan fingerprint density at radius 1 is 1.33 bits per heavy atom. The van der Waals surface area contributed by atoms with Crippen molar-refractivity contribution < 1.29 is 13.5 Å². The summed E-state index contributed by atoms with van der Waals surface area (Å²) in [6, 6.07) is 2.68. The van der Waals surface area contributed by atoms with Gasteiger partial charge < -0.3 is 4.74 Å². The molecule has 0 amide bonds. The maximum absolute atomic E-state index is 12.8. The Morgan fingerprint density at radius 3 is 2.50 bits per heavy atom. The van der Waals surface area contributed by atoms with Crippen LogP contribution >= 0.6 is 0 Å². The molecule has 0 spiro atoms. The third kappa shape index (κ3) is 1.55. The fourth-order valence-electron chi connectivity index (χ4n) is 0.970. The Labute approximate surface area is 70.0 Å². The topological polar surface area (TPSA) is 9.23 Å². The van der Waals surface area contributed by atoms with Gasteiger partial charge in [-0.2, -0.15) is 4.39 Å². The number of hydrogen-bond donors (Lipinski definition) is 0. The van der Waals surface area contributed by atoms with Gasteiger partial charge in [-0.25, -0.2) is 4.39 Å². The van der Waals surface area contributed by atoms with Crippen molar-refractivity contribution in [2.75, 3.05) is 7.11 Å². The van der Waals surface area contributed by atoms with Crippen LogP contribution in [0, 0.1) is 11.6 Å². The third-order valence-corrected chi connectivity index (χ3v) is 1.68. The summed E-state index contributed by atoms with van der Waals surface area (Å²) in [6.45, 7) is 1.87. The molecule has 1 rings (SSSR count). The van der Waals surface area contributed by atoms with E-state index in [0.717, 1.165) is 5.56 Å². The predicted octanol–water partition coefficient (Wildman–Crippen LogP) is 2.54. The van der Waals surface area contributed by atoms with E-state index in [1.807, 2.05) is 6.92 Å². The molecule has 0 aliphatic carbocycles. The Morgan fingerprint density at radius 2 is 2.00 bits per heavy atom. The lowest BCUT2D eigenvalue weighted by Crippen LogP contribution is -1.94. The first-order valence-electron chi connectivity index (χ1n) is 3.71. The molecule has 0 atom stereocenters. The molecule has 0 N–H and O–H groups in total.